The summed E-state index contributed by atoms with van der Waals surface area (Å²) in [6, 6.07) is 6.39. The molecule has 1 fully saturated rings. The second-order valence-electron chi connectivity index (χ2n) is 7.14. The number of hydrogen-bond acceptors (Lipinski definition) is 4. The molecular weight excluding hydrogens is 344 g/mol. The quantitative estimate of drug-likeness (QED) is 0.691. The highest BCUT2D eigenvalue weighted by Crippen LogP contribution is 2.26. The highest BCUT2D eigenvalue weighted by atomic mass is 32.1. The number of hydrogen-bond donors (Lipinski definition) is 0. The van der Waals surface area contributed by atoms with Gasteiger partial charge >= 0.3 is 0 Å². The highest BCUT2D eigenvalue weighted by molar-refractivity contribution is 7.09. The third-order valence-electron chi connectivity index (χ3n) is 5.30. The number of fused-ring (bicyclic) bond motifs is 1. The van der Waals surface area contributed by atoms with Gasteiger partial charge in [-0.3, -0.25) is 4.79 Å². The van der Waals surface area contributed by atoms with Crippen molar-refractivity contribution in [3.8, 4) is 0 Å². The van der Waals surface area contributed by atoms with Gasteiger partial charge in [-0.15, -0.1) is 11.3 Å². The average Bonchev–Trinajstić information content (AvgIpc) is 3.31. The summed E-state index contributed by atoms with van der Waals surface area (Å²) in [5.41, 5.74) is 2.36. The third kappa shape index (κ3) is 3.26. The lowest BCUT2D eigenvalue weighted by molar-refractivity contribution is 0.0698. The van der Waals surface area contributed by atoms with E-state index in [2.05, 4.69) is 21.5 Å². The smallest absolute Gasteiger partial charge is 0.254 e. The van der Waals surface area contributed by atoms with Gasteiger partial charge < -0.3 is 4.90 Å². The van der Waals surface area contributed by atoms with Crippen LogP contribution in [0.2, 0.25) is 0 Å². The Morgan fingerprint density at radius 3 is 2.88 bits per heavy atom. The minimum absolute atomic E-state index is 0.0862. The van der Waals surface area contributed by atoms with Gasteiger partial charge in [0.15, 0.2) is 5.65 Å². The lowest BCUT2D eigenvalue weighted by Gasteiger charge is -2.31. The van der Waals surface area contributed by atoms with E-state index in [-0.39, 0.29) is 5.91 Å². The molecule has 6 heteroatoms. The SMILES string of the molecule is Cc1cc(C(=O)N(C)C2CCCCC2)c2cnn(Cc3cccs3)c2n1. The van der Waals surface area contributed by atoms with Gasteiger partial charge in [-0.05, 0) is 37.3 Å². The van der Waals surface area contributed by atoms with Crippen molar-refractivity contribution in [2.24, 2.45) is 0 Å². The Hall–Kier alpha value is -2.21. The molecule has 0 aliphatic heterocycles. The number of carbonyl (C=O) groups is 1. The third-order valence-corrected chi connectivity index (χ3v) is 6.16. The molecule has 0 atom stereocenters. The largest absolute Gasteiger partial charge is 0.339 e. The maximum absolute atomic E-state index is 13.2. The summed E-state index contributed by atoms with van der Waals surface area (Å²) >= 11 is 1.70. The topological polar surface area (TPSA) is 51.0 Å². The maximum Gasteiger partial charge on any atom is 0.254 e. The number of amides is 1. The van der Waals surface area contributed by atoms with Crippen LogP contribution in [0.1, 0.15) is 53.0 Å². The summed E-state index contributed by atoms with van der Waals surface area (Å²) in [6.07, 6.45) is 7.71. The van der Waals surface area contributed by atoms with Crippen molar-refractivity contribution >= 4 is 28.3 Å². The molecule has 1 saturated carbocycles. The molecule has 26 heavy (non-hydrogen) atoms. The van der Waals surface area contributed by atoms with Gasteiger partial charge in [0.25, 0.3) is 5.91 Å². The predicted octanol–water partition coefficient (Wildman–Crippen LogP) is 4.25. The molecule has 0 saturated heterocycles. The minimum Gasteiger partial charge on any atom is -0.339 e. The first-order valence-electron chi connectivity index (χ1n) is 9.26. The van der Waals surface area contributed by atoms with E-state index in [1.165, 1.54) is 24.1 Å². The van der Waals surface area contributed by atoms with Crippen LogP contribution >= 0.6 is 11.3 Å². The van der Waals surface area contributed by atoms with E-state index in [0.717, 1.165) is 35.1 Å². The van der Waals surface area contributed by atoms with Crippen LogP contribution in [0.15, 0.2) is 29.8 Å². The number of nitrogens with zero attached hydrogens (tertiary/aromatic N) is 4. The monoisotopic (exact) mass is 368 g/mol. The van der Waals surface area contributed by atoms with Crippen LogP contribution in [-0.2, 0) is 6.54 Å². The fraction of sp³-hybridized carbons (Fsp3) is 0.450. The summed E-state index contributed by atoms with van der Waals surface area (Å²) in [4.78, 5) is 21.0. The van der Waals surface area contributed by atoms with Gasteiger partial charge in [0.05, 0.1) is 23.7 Å². The van der Waals surface area contributed by atoms with E-state index in [1.807, 2.05) is 35.7 Å². The first-order valence-corrected chi connectivity index (χ1v) is 10.1. The number of thiophene rings is 1. The number of aryl methyl sites for hydroxylation is 1. The molecule has 3 heterocycles. The van der Waals surface area contributed by atoms with E-state index in [0.29, 0.717) is 12.6 Å². The minimum atomic E-state index is 0.0862. The van der Waals surface area contributed by atoms with Crippen LogP contribution in [0.25, 0.3) is 11.0 Å². The molecule has 5 nitrogen and oxygen atoms in total. The lowest BCUT2D eigenvalue weighted by atomic mass is 9.94. The Morgan fingerprint density at radius 2 is 2.15 bits per heavy atom. The molecule has 0 N–H and O–H groups in total. The maximum atomic E-state index is 13.2. The standard InChI is InChI=1S/C20H24N4OS/c1-14-11-17(20(25)23(2)15-7-4-3-5-8-15)18-12-21-24(19(18)22-14)13-16-9-6-10-26-16/h6,9-12,15H,3-5,7-8,13H2,1-2H3. The highest BCUT2D eigenvalue weighted by Gasteiger charge is 2.25. The lowest BCUT2D eigenvalue weighted by Crippen LogP contribution is -2.38. The summed E-state index contributed by atoms with van der Waals surface area (Å²) < 4.78 is 1.89. The van der Waals surface area contributed by atoms with Crippen molar-refractivity contribution in [1.29, 1.82) is 0 Å². The number of carbonyl (C=O) groups excluding carboxylic acids is 1. The van der Waals surface area contributed by atoms with E-state index in [9.17, 15) is 4.79 Å². The van der Waals surface area contributed by atoms with Crippen molar-refractivity contribution in [1.82, 2.24) is 19.7 Å². The Bertz CT molecular complexity index is 909. The molecule has 0 unspecified atom stereocenters. The van der Waals surface area contributed by atoms with Crippen LogP contribution in [0.4, 0.5) is 0 Å². The van der Waals surface area contributed by atoms with Crippen molar-refractivity contribution in [2.45, 2.75) is 51.6 Å². The van der Waals surface area contributed by atoms with Gasteiger partial charge in [0, 0.05) is 23.7 Å². The molecule has 0 bridgehead atoms. The Kier molecular flexibility index (Phi) is 4.76. The van der Waals surface area contributed by atoms with Crippen LogP contribution < -0.4 is 0 Å². The zero-order chi connectivity index (χ0) is 18.1. The first kappa shape index (κ1) is 17.2. The van der Waals surface area contributed by atoms with E-state index in [4.69, 9.17) is 0 Å². The van der Waals surface area contributed by atoms with Crippen molar-refractivity contribution in [2.75, 3.05) is 7.05 Å². The Balaban J connectivity index is 1.68. The Labute approximate surface area is 157 Å². The van der Waals surface area contributed by atoms with Crippen molar-refractivity contribution < 1.29 is 4.79 Å². The molecule has 1 aliphatic carbocycles. The molecular formula is C20H24N4OS. The van der Waals surface area contributed by atoms with Crippen molar-refractivity contribution in [3.63, 3.8) is 0 Å². The second-order valence-corrected chi connectivity index (χ2v) is 8.17. The van der Waals surface area contributed by atoms with Crippen LogP contribution in [0, 0.1) is 6.92 Å². The van der Waals surface area contributed by atoms with E-state index < -0.39 is 0 Å². The fourth-order valence-electron chi connectivity index (χ4n) is 3.84. The number of rotatable bonds is 4. The summed E-state index contributed by atoms with van der Waals surface area (Å²) in [7, 11) is 1.94. The zero-order valence-corrected chi connectivity index (χ0v) is 16.1. The van der Waals surface area contributed by atoms with Gasteiger partial charge in [-0.2, -0.15) is 5.10 Å². The van der Waals surface area contributed by atoms with Gasteiger partial charge in [0.2, 0.25) is 0 Å². The number of pyridine rings is 1. The van der Waals surface area contributed by atoms with Gasteiger partial charge in [-0.1, -0.05) is 25.3 Å². The predicted molar refractivity (Wildman–Crippen MR) is 105 cm³/mol. The van der Waals surface area contributed by atoms with Gasteiger partial charge in [0.1, 0.15) is 0 Å². The molecule has 3 aromatic rings. The second kappa shape index (κ2) is 7.19. The zero-order valence-electron chi connectivity index (χ0n) is 15.3. The molecule has 136 valence electrons. The fourth-order valence-corrected chi connectivity index (χ4v) is 4.53. The Morgan fingerprint density at radius 1 is 1.35 bits per heavy atom. The first-order chi connectivity index (χ1) is 12.6. The number of aromatic nitrogens is 3. The van der Waals surface area contributed by atoms with E-state index >= 15 is 0 Å². The van der Waals surface area contributed by atoms with Gasteiger partial charge in [-0.25, -0.2) is 9.67 Å². The molecule has 3 aromatic heterocycles. The molecule has 0 spiro atoms. The molecule has 0 aromatic carbocycles. The average molecular weight is 369 g/mol. The summed E-state index contributed by atoms with van der Waals surface area (Å²) in [5.74, 6) is 0.0862. The summed E-state index contributed by atoms with van der Waals surface area (Å²) in [5, 5.41) is 7.43. The van der Waals surface area contributed by atoms with Crippen LogP contribution in [0.5, 0.6) is 0 Å². The molecule has 1 aliphatic rings. The normalized spacial score (nSPS) is 15.5. The summed E-state index contributed by atoms with van der Waals surface area (Å²) in [6.45, 7) is 2.63. The van der Waals surface area contributed by atoms with Crippen LogP contribution in [0.3, 0.4) is 0 Å². The van der Waals surface area contributed by atoms with E-state index in [1.54, 1.807) is 17.5 Å². The molecule has 4 rings (SSSR count). The molecule has 1 amide bonds. The van der Waals surface area contributed by atoms with Crippen molar-refractivity contribution in [3.05, 3.63) is 45.9 Å². The van der Waals surface area contributed by atoms with Crippen LogP contribution in [-0.4, -0.2) is 38.7 Å². The molecule has 0 radical (unpaired) electrons.